The second-order valence-electron chi connectivity index (χ2n) is 7.24. The number of benzene rings is 2. The summed E-state index contributed by atoms with van der Waals surface area (Å²) in [7, 11) is 5.77. The van der Waals surface area contributed by atoms with E-state index in [1.165, 1.54) is 0 Å². The Morgan fingerprint density at radius 1 is 1.04 bits per heavy atom. The van der Waals surface area contributed by atoms with Gasteiger partial charge in [0.05, 0.1) is 0 Å². The zero-order valence-electron chi connectivity index (χ0n) is 16.7. The van der Waals surface area contributed by atoms with Crippen molar-refractivity contribution in [1.82, 2.24) is 4.90 Å². The number of carbonyl (C=O) groups excluding carboxylic acids is 2. The van der Waals surface area contributed by atoms with E-state index in [0.29, 0.717) is 18.7 Å². The summed E-state index contributed by atoms with van der Waals surface area (Å²) in [6.07, 6.45) is 1.51. The maximum absolute atomic E-state index is 12.4. The van der Waals surface area contributed by atoms with Crippen molar-refractivity contribution in [2.45, 2.75) is 19.4 Å². The Morgan fingerprint density at radius 2 is 1.71 bits per heavy atom. The highest BCUT2D eigenvalue weighted by Gasteiger charge is 2.21. The predicted molar refractivity (Wildman–Crippen MR) is 111 cm³/mol. The van der Waals surface area contributed by atoms with E-state index < -0.39 is 0 Å². The lowest BCUT2D eigenvalue weighted by atomic mass is 10.2. The molecule has 6 heteroatoms. The van der Waals surface area contributed by atoms with Gasteiger partial charge in [0.2, 0.25) is 5.91 Å². The van der Waals surface area contributed by atoms with Gasteiger partial charge in [-0.2, -0.15) is 0 Å². The van der Waals surface area contributed by atoms with Gasteiger partial charge in [-0.15, -0.1) is 0 Å². The number of anilines is 2. The molecule has 2 aromatic carbocycles. The van der Waals surface area contributed by atoms with Gasteiger partial charge in [-0.05, 0) is 48.4 Å². The first kappa shape index (κ1) is 19.7. The van der Waals surface area contributed by atoms with Crippen LogP contribution >= 0.6 is 0 Å². The molecule has 1 aliphatic heterocycles. The van der Waals surface area contributed by atoms with Crippen molar-refractivity contribution >= 4 is 23.2 Å². The van der Waals surface area contributed by atoms with E-state index >= 15 is 0 Å². The summed E-state index contributed by atoms with van der Waals surface area (Å²) in [6.45, 7) is 1.28. The average Bonchev–Trinajstić information content (AvgIpc) is 3.12. The lowest BCUT2D eigenvalue weighted by molar-refractivity contribution is -0.132. The zero-order valence-corrected chi connectivity index (χ0v) is 16.7. The molecule has 1 aliphatic rings. The van der Waals surface area contributed by atoms with Crippen molar-refractivity contribution in [1.29, 1.82) is 0 Å². The fourth-order valence-corrected chi connectivity index (χ4v) is 3.16. The third kappa shape index (κ3) is 4.82. The monoisotopic (exact) mass is 381 g/mol. The number of likely N-dealkylation sites (N-methyl/N-ethyl adjacent to an activating group) is 1. The number of amides is 2. The van der Waals surface area contributed by atoms with E-state index in [2.05, 4.69) is 0 Å². The molecule has 0 atom stereocenters. The summed E-state index contributed by atoms with van der Waals surface area (Å²) in [5, 5.41) is 0. The van der Waals surface area contributed by atoms with Crippen LogP contribution in [0.1, 0.15) is 18.4 Å². The fraction of sp³-hybridized carbons (Fsp3) is 0.364. The first-order valence-corrected chi connectivity index (χ1v) is 9.47. The summed E-state index contributed by atoms with van der Waals surface area (Å²) >= 11 is 0. The highest BCUT2D eigenvalue weighted by Crippen LogP contribution is 2.24. The van der Waals surface area contributed by atoms with E-state index in [0.717, 1.165) is 29.9 Å². The van der Waals surface area contributed by atoms with E-state index in [9.17, 15) is 9.59 Å². The van der Waals surface area contributed by atoms with Crippen LogP contribution in [0, 0.1) is 0 Å². The number of rotatable bonds is 7. The molecule has 1 heterocycles. The molecule has 0 aromatic heterocycles. The van der Waals surface area contributed by atoms with Crippen LogP contribution < -0.4 is 14.5 Å². The Morgan fingerprint density at radius 3 is 2.29 bits per heavy atom. The molecule has 3 rings (SSSR count). The second kappa shape index (κ2) is 8.78. The Bertz CT molecular complexity index is 816. The van der Waals surface area contributed by atoms with Gasteiger partial charge in [-0.25, -0.2) is 0 Å². The van der Waals surface area contributed by atoms with Crippen molar-refractivity contribution < 1.29 is 14.3 Å². The molecule has 6 nitrogen and oxygen atoms in total. The van der Waals surface area contributed by atoms with Crippen LogP contribution in [0.25, 0.3) is 0 Å². The number of nitrogens with zero attached hydrogens (tertiary/aromatic N) is 3. The van der Waals surface area contributed by atoms with Crippen LogP contribution in [-0.2, 0) is 16.1 Å². The van der Waals surface area contributed by atoms with Gasteiger partial charge < -0.3 is 19.4 Å². The SMILES string of the molecule is CN(Cc1ccc(N(C)C)cc1)C(=O)COc1ccc(N2CCCC2=O)cc1. The quantitative estimate of drug-likeness (QED) is 0.740. The first-order valence-electron chi connectivity index (χ1n) is 9.47. The zero-order chi connectivity index (χ0) is 20.1. The summed E-state index contributed by atoms with van der Waals surface area (Å²) in [6, 6.07) is 15.4. The minimum Gasteiger partial charge on any atom is -0.484 e. The van der Waals surface area contributed by atoms with Crippen molar-refractivity contribution in [2.75, 3.05) is 44.1 Å². The molecule has 1 saturated heterocycles. The molecule has 0 N–H and O–H groups in total. The smallest absolute Gasteiger partial charge is 0.260 e. The maximum Gasteiger partial charge on any atom is 0.260 e. The van der Waals surface area contributed by atoms with Crippen molar-refractivity contribution in [3.05, 3.63) is 54.1 Å². The largest absolute Gasteiger partial charge is 0.484 e. The van der Waals surface area contributed by atoms with Gasteiger partial charge in [0.25, 0.3) is 5.91 Å². The minimum absolute atomic E-state index is 0.0196. The van der Waals surface area contributed by atoms with Crippen LogP contribution in [-0.4, -0.2) is 51.0 Å². The van der Waals surface area contributed by atoms with Gasteiger partial charge in [0.15, 0.2) is 6.61 Å². The highest BCUT2D eigenvalue weighted by molar-refractivity contribution is 5.95. The third-order valence-corrected chi connectivity index (χ3v) is 4.88. The summed E-state index contributed by atoms with van der Waals surface area (Å²) in [5.41, 5.74) is 3.07. The predicted octanol–water partition coefficient (Wildman–Crippen LogP) is 2.92. The van der Waals surface area contributed by atoms with Crippen LogP contribution in [0.5, 0.6) is 5.75 Å². The summed E-state index contributed by atoms with van der Waals surface area (Å²) in [5.74, 6) is 0.687. The molecule has 0 saturated carbocycles. The molecule has 0 aliphatic carbocycles. The molecule has 0 spiro atoms. The summed E-state index contributed by atoms with van der Waals surface area (Å²) < 4.78 is 5.62. The van der Waals surface area contributed by atoms with Gasteiger partial charge in [-0.1, -0.05) is 12.1 Å². The molecule has 0 bridgehead atoms. The van der Waals surface area contributed by atoms with Crippen molar-refractivity contribution in [3.63, 3.8) is 0 Å². The Balaban J connectivity index is 1.49. The van der Waals surface area contributed by atoms with Gasteiger partial charge in [0.1, 0.15) is 5.75 Å². The lowest BCUT2D eigenvalue weighted by Crippen LogP contribution is -2.31. The molecular formula is C22H27N3O3. The average molecular weight is 381 g/mol. The molecule has 2 amide bonds. The molecule has 0 unspecified atom stereocenters. The lowest BCUT2D eigenvalue weighted by Gasteiger charge is -2.19. The second-order valence-corrected chi connectivity index (χ2v) is 7.24. The molecule has 2 aromatic rings. The maximum atomic E-state index is 12.4. The van der Waals surface area contributed by atoms with Crippen LogP contribution in [0.4, 0.5) is 11.4 Å². The van der Waals surface area contributed by atoms with Gasteiger partial charge in [0, 0.05) is 52.0 Å². The van der Waals surface area contributed by atoms with E-state index in [4.69, 9.17) is 4.74 Å². The van der Waals surface area contributed by atoms with Gasteiger partial charge >= 0.3 is 0 Å². The Hall–Kier alpha value is -3.02. The fourth-order valence-electron chi connectivity index (χ4n) is 3.16. The number of carbonyl (C=O) groups is 2. The number of hydrogen-bond donors (Lipinski definition) is 0. The van der Waals surface area contributed by atoms with Crippen LogP contribution in [0.2, 0.25) is 0 Å². The highest BCUT2D eigenvalue weighted by atomic mass is 16.5. The van der Waals surface area contributed by atoms with E-state index in [-0.39, 0.29) is 18.4 Å². The molecule has 1 fully saturated rings. The Kier molecular flexibility index (Phi) is 6.19. The molecule has 28 heavy (non-hydrogen) atoms. The topological polar surface area (TPSA) is 53.1 Å². The number of hydrogen-bond acceptors (Lipinski definition) is 4. The van der Waals surface area contributed by atoms with Gasteiger partial charge in [-0.3, -0.25) is 9.59 Å². The summed E-state index contributed by atoms with van der Waals surface area (Å²) in [4.78, 5) is 29.6. The standard InChI is InChI=1S/C22H27N3O3/c1-23(2)18-8-6-17(7-9-18)15-24(3)22(27)16-28-20-12-10-19(11-13-20)25-14-4-5-21(25)26/h6-13H,4-5,14-16H2,1-3H3. The molecule has 148 valence electrons. The van der Waals surface area contributed by atoms with Crippen molar-refractivity contribution in [3.8, 4) is 5.75 Å². The van der Waals surface area contributed by atoms with E-state index in [1.54, 1.807) is 29.0 Å². The molecular weight excluding hydrogens is 354 g/mol. The Labute approximate surface area is 166 Å². The van der Waals surface area contributed by atoms with Crippen LogP contribution in [0.15, 0.2) is 48.5 Å². The normalized spacial score (nSPS) is 13.5. The first-order chi connectivity index (χ1) is 13.4. The van der Waals surface area contributed by atoms with Crippen molar-refractivity contribution in [2.24, 2.45) is 0 Å². The molecule has 0 radical (unpaired) electrons. The van der Waals surface area contributed by atoms with E-state index in [1.807, 2.05) is 55.4 Å². The van der Waals surface area contributed by atoms with Crippen LogP contribution in [0.3, 0.4) is 0 Å². The third-order valence-electron chi connectivity index (χ3n) is 4.88. The number of ether oxygens (including phenoxy) is 1. The minimum atomic E-state index is -0.0875.